The molecule has 0 bridgehead atoms. The predicted octanol–water partition coefficient (Wildman–Crippen LogP) is 2.95. The largest absolute Gasteiger partial charge is 0.488 e. The van der Waals surface area contributed by atoms with Crippen LogP contribution in [0, 0.1) is 6.92 Å². The molecule has 32 heavy (non-hydrogen) atoms. The lowest BCUT2D eigenvalue weighted by molar-refractivity contribution is 0.122. The van der Waals surface area contributed by atoms with E-state index in [1.165, 1.54) is 0 Å². The third-order valence-electron chi connectivity index (χ3n) is 6.15. The molecule has 9 nitrogen and oxygen atoms in total. The van der Waals surface area contributed by atoms with Crippen LogP contribution in [0.1, 0.15) is 31.5 Å². The van der Waals surface area contributed by atoms with E-state index in [1.807, 2.05) is 6.92 Å². The van der Waals surface area contributed by atoms with Gasteiger partial charge < -0.3 is 25.4 Å². The highest BCUT2D eigenvalue weighted by atomic mass is 16.5. The van der Waals surface area contributed by atoms with E-state index in [0.29, 0.717) is 17.6 Å². The van der Waals surface area contributed by atoms with Crippen LogP contribution in [-0.2, 0) is 4.74 Å². The van der Waals surface area contributed by atoms with Crippen molar-refractivity contribution in [1.29, 1.82) is 0 Å². The van der Waals surface area contributed by atoms with E-state index < -0.39 is 0 Å². The third-order valence-corrected chi connectivity index (χ3v) is 6.15. The van der Waals surface area contributed by atoms with Gasteiger partial charge in [0.05, 0.1) is 36.7 Å². The maximum atomic E-state index is 6.50. The molecule has 1 aromatic carbocycles. The lowest BCUT2D eigenvalue weighted by Crippen LogP contribution is -2.36. The Morgan fingerprint density at radius 1 is 1.06 bits per heavy atom. The standard InChI is InChI=1S/C23H29N7O2/c1-15-27-14-19(24)23(28-15)29-16-2-4-18(5-3-16)32-21-13-17(30-8-10-31-11-9-30)12-20-22(21)26-7-6-25-20/h6-7,12-14,16,18H,2-5,8-11,24H2,1H3,(H,27,28,29)/t16-,18+. The number of nitrogens with two attached hydrogens (primary N) is 1. The van der Waals surface area contributed by atoms with Crippen molar-refractivity contribution in [1.82, 2.24) is 19.9 Å². The number of fused-ring (bicyclic) bond motifs is 1. The minimum atomic E-state index is 0.141. The maximum absolute atomic E-state index is 6.50. The van der Waals surface area contributed by atoms with Crippen LogP contribution in [0.15, 0.2) is 30.7 Å². The highest BCUT2D eigenvalue weighted by Gasteiger charge is 2.25. The smallest absolute Gasteiger partial charge is 0.153 e. The first-order chi connectivity index (χ1) is 15.7. The first kappa shape index (κ1) is 20.7. The first-order valence-electron chi connectivity index (χ1n) is 11.3. The summed E-state index contributed by atoms with van der Waals surface area (Å²) >= 11 is 0. The second-order valence-corrected chi connectivity index (χ2v) is 8.42. The highest BCUT2D eigenvalue weighted by molar-refractivity contribution is 5.85. The van der Waals surface area contributed by atoms with Gasteiger partial charge in [-0.3, -0.25) is 4.98 Å². The van der Waals surface area contributed by atoms with E-state index in [4.69, 9.17) is 15.2 Å². The Bertz CT molecular complexity index is 1080. The monoisotopic (exact) mass is 435 g/mol. The number of morpholine rings is 1. The Balaban J connectivity index is 1.28. The van der Waals surface area contributed by atoms with Gasteiger partial charge in [-0.25, -0.2) is 15.0 Å². The van der Waals surface area contributed by atoms with Gasteiger partial charge in [-0.05, 0) is 38.7 Å². The van der Waals surface area contributed by atoms with Gasteiger partial charge in [-0.1, -0.05) is 0 Å². The van der Waals surface area contributed by atoms with Crippen LogP contribution in [0.25, 0.3) is 11.0 Å². The average molecular weight is 436 g/mol. The molecule has 1 saturated carbocycles. The molecule has 0 radical (unpaired) electrons. The molecule has 9 heteroatoms. The summed E-state index contributed by atoms with van der Waals surface area (Å²) in [6.45, 7) is 5.08. The molecule has 3 aromatic rings. The molecule has 3 heterocycles. The quantitative estimate of drug-likeness (QED) is 0.625. The van der Waals surface area contributed by atoms with Gasteiger partial charge in [0.25, 0.3) is 0 Å². The molecule has 2 aliphatic rings. The minimum absolute atomic E-state index is 0.141. The predicted molar refractivity (Wildman–Crippen MR) is 124 cm³/mol. The summed E-state index contributed by atoms with van der Waals surface area (Å²) in [7, 11) is 0. The summed E-state index contributed by atoms with van der Waals surface area (Å²) in [6, 6.07) is 4.52. The molecule has 0 unspecified atom stereocenters. The number of ether oxygens (including phenoxy) is 2. The molecule has 2 aromatic heterocycles. The van der Waals surface area contributed by atoms with Gasteiger partial charge >= 0.3 is 0 Å². The number of aryl methyl sites for hydroxylation is 1. The van der Waals surface area contributed by atoms with Crippen molar-refractivity contribution in [3.8, 4) is 5.75 Å². The number of aromatic nitrogens is 4. The second-order valence-electron chi connectivity index (χ2n) is 8.42. The van der Waals surface area contributed by atoms with E-state index in [2.05, 4.69) is 42.3 Å². The van der Waals surface area contributed by atoms with Gasteiger partial charge in [0.2, 0.25) is 0 Å². The maximum Gasteiger partial charge on any atom is 0.153 e. The number of benzene rings is 1. The van der Waals surface area contributed by atoms with Crippen LogP contribution in [0.5, 0.6) is 5.75 Å². The molecule has 1 aliphatic carbocycles. The molecule has 0 amide bonds. The van der Waals surface area contributed by atoms with Gasteiger partial charge in [-0.2, -0.15) is 0 Å². The van der Waals surface area contributed by atoms with E-state index in [1.54, 1.807) is 18.6 Å². The Hall–Kier alpha value is -3.20. The fourth-order valence-electron chi connectivity index (χ4n) is 4.42. The number of hydrogen-bond acceptors (Lipinski definition) is 9. The number of nitrogens with one attached hydrogen (secondary N) is 1. The molecular weight excluding hydrogens is 406 g/mol. The summed E-state index contributed by atoms with van der Waals surface area (Å²) in [4.78, 5) is 20.0. The van der Waals surface area contributed by atoms with Gasteiger partial charge in [0, 0.05) is 43.3 Å². The van der Waals surface area contributed by atoms with Crippen molar-refractivity contribution in [2.24, 2.45) is 0 Å². The number of hydrogen-bond donors (Lipinski definition) is 2. The SMILES string of the molecule is Cc1ncc(N)c(N[C@H]2CC[C@@H](Oc3cc(N4CCOCC4)cc4nccnc34)CC2)n1. The fraction of sp³-hybridized carbons (Fsp3) is 0.478. The summed E-state index contributed by atoms with van der Waals surface area (Å²) in [6.07, 6.45) is 9.12. The molecule has 3 N–H and O–H groups in total. The van der Waals surface area contributed by atoms with Crippen molar-refractivity contribution >= 4 is 28.2 Å². The van der Waals surface area contributed by atoms with Crippen LogP contribution in [0.4, 0.5) is 17.2 Å². The molecule has 0 atom stereocenters. The van der Waals surface area contributed by atoms with Crippen LogP contribution in [0.2, 0.25) is 0 Å². The summed E-state index contributed by atoms with van der Waals surface area (Å²) < 4.78 is 12.0. The van der Waals surface area contributed by atoms with Crippen molar-refractivity contribution < 1.29 is 9.47 Å². The highest BCUT2D eigenvalue weighted by Crippen LogP contribution is 2.33. The van der Waals surface area contributed by atoms with Crippen molar-refractivity contribution in [2.75, 3.05) is 42.3 Å². The molecular formula is C23H29N7O2. The van der Waals surface area contributed by atoms with Crippen LogP contribution in [-0.4, -0.2) is 58.4 Å². The fourth-order valence-corrected chi connectivity index (χ4v) is 4.42. The first-order valence-corrected chi connectivity index (χ1v) is 11.3. The Morgan fingerprint density at radius 3 is 2.66 bits per heavy atom. The van der Waals surface area contributed by atoms with E-state index >= 15 is 0 Å². The molecule has 168 valence electrons. The lowest BCUT2D eigenvalue weighted by atomic mass is 9.93. The van der Waals surface area contributed by atoms with Crippen LogP contribution < -0.4 is 20.7 Å². The summed E-state index contributed by atoms with van der Waals surface area (Å²) in [5, 5.41) is 3.48. The Morgan fingerprint density at radius 2 is 1.84 bits per heavy atom. The summed E-state index contributed by atoms with van der Waals surface area (Å²) in [5.41, 5.74) is 9.39. The van der Waals surface area contributed by atoms with Crippen LogP contribution >= 0.6 is 0 Å². The van der Waals surface area contributed by atoms with Crippen molar-refractivity contribution in [2.45, 2.75) is 44.8 Å². The number of anilines is 3. The zero-order chi connectivity index (χ0) is 21.9. The number of rotatable bonds is 5. The molecule has 2 fully saturated rings. The summed E-state index contributed by atoms with van der Waals surface area (Å²) in [5.74, 6) is 2.25. The van der Waals surface area contributed by atoms with E-state index in [-0.39, 0.29) is 6.10 Å². The van der Waals surface area contributed by atoms with Gasteiger partial charge in [-0.15, -0.1) is 0 Å². The zero-order valence-corrected chi connectivity index (χ0v) is 18.3. The average Bonchev–Trinajstić information content (AvgIpc) is 2.83. The van der Waals surface area contributed by atoms with Crippen LogP contribution in [0.3, 0.4) is 0 Å². The van der Waals surface area contributed by atoms with E-state index in [0.717, 1.165) is 80.3 Å². The molecule has 1 aliphatic heterocycles. The molecule has 5 rings (SSSR count). The Kier molecular flexibility index (Phi) is 5.89. The van der Waals surface area contributed by atoms with Crippen molar-refractivity contribution in [3.05, 3.63) is 36.5 Å². The molecule has 1 saturated heterocycles. The van der Waals surface area contributed by atoms with Crippen molar-refractivity contribution in [3.63, 3.8) is 0 Å². The minimum Gasteiger partial charge on any atom is -0.488 e. The zero-order valence-electron chi connectivity index (χ0n) is 18.3. The normalized spacial score (nSPS) is 21.5. The lowest BCUT2D eigenvalue weighted by Gasteiger charge is -2.31. The third kappa shape index (κ3) is 4.52. The number of nitrogen functional groups attached to an aromatic ring is 1. The topological polar surface area (TPSA) is 111 Å². The van der Waals surface area contributed by atoms with E-state index in [9.17, 15) is 0 Å². The Labute approximate surface area is 187 Å². The van der Waals surface area contributed by atoms with Gasteiger partial charge in [0.15, 0.2) is 5.82 Å². The van der Waals surface area contributed by atoms with Gasteiger partial charge in [0.1, 0.15) is 17.1 Å². The number of nitrogens with zero attached hydrogens (tertiary/aromatic N) is 5. The second kappa shape index (κ2) is 9.12. The molecule has 0 spiro atoms.